The van der Waals surface area contributed by atoms with Gasteiger partial charge in [-0.3, -0.25) is 9.59 Å². The maximum atomic E-state index is 12.5. The molecule has 1 aromatic carbocycles. The minimum atomic E-state index is -0.116. The average Bonchev–Trinajstić information content (AvgIpc) is 3.29. The number of furan rings is 1. The van der Waals surface area contributed by atoms with Crippen LogP contribution in [0.3, 0.4) is 0 Å². The van der Waals surface area contributed by atoms with E-state index in [9.17, 15) is 9.59 Å². The predicted molar refractivity (Wildman–Crippen MR) is 93.3 cm³/mol. The van der Waals surface area contributed by atoms with E-state index in [2.05, 4.69) is 5.32 Å². The van der Waals surface area contributed by atoms with Crippen molar-refractivity contribution in [1.29, 1.82) is 0 Å². The van der Waals surface area contributed by atoms with Gasteiger partial charge in [0.25, 0.3) is 5.91 Å². The average molecular weight is 356 g/mol. The van der Waals surface area contributed by atoms with Crippen molar-refractivity contribution >= 4 is 17.5 Å². The summed E-state index contributed by atoms with van der Waals surface area (Å²) in [5, 5.41) is 2.93. The summed E-state index contributed by atoms with van der Waals surface area (Å²) in [4.78, 5) is 26.8. The number of piperidine rings is 1. The first kappa shape index (κ1) is 16.5. The number of hydrogen-bond acceptors (Lipinski definition) is 5. The molecule has 1 aromatic heterocycles. The number of aryl methyl sites for hydroxylation is 1. The van der Waals surface area contributed by atoms with Crippen LogP contribution < -0.4 is 14.8 Å². The molecule has 4 rings (SSSR count). The smallest absolute Gasteiger partial charge is 0.257 e. The summed E-state index contributed by atoms with van der Waals surface area (Å²) in [6.07, 6.45) is 2.80. The van der Waals surface area contributed by atoms with Crippen LogP contribution in [-0.4, -0.2) is 36.6 Å². The van der Waals surface area contributed by atoms with Crippen molar-refractivity contribution < 1.29 is 23.5 Å². The van der Waals surface area contributed by atoms with E-state index in [4.69, 9.17) is 13.9 Å². The molecule has 0 saturated carbocycles. The predicted octanol–water partition coefficient (Wildman–Crippen LogP) is 2.81. The van der Waals surface area contributed by atoms with Crippen LogP contribution in [0.25, 0.3) is 0 Å². The highest BCUT2D eigenvalue weighted by Gasteiger charge is 2.29. The number of ether oxygens (including phenoxy) is 2. The second kappa shape index (κ2) is 6.74. The van der Waals surface area contributed by atoms with E-state index in [1.807, 2.05) is 0 Å². The zero-order valence-electron chi connectivity index (χ0n) is 14.5. The largest absolute Gasteiger partial charge is 0.469 e. The van der Waals surface area contributed by atoms with Crippen molar-refractivity contribution in [2.24, 2.45) is 5.92 Å². The highest BCUT2D eigenvalue weighted by molar-refractivity contribution is 5.96. The Kier molecular flexibility index (Phi) is 4.28. The molecule has 0 atom stereocenters. The van der Waals surface area contributed by atoms with E-state index in [1.165, 1.54) is 6.26 Å². The van der Waals surface area contributed by atoms with Crippen molar-refractivity contribution in [2.45, 2.75) is 19.8 Å². The summed E-state index contributed by atoms with van der Waals surface area (Å²) >= 11 is 0. The van der Waals surface area contributed by atoms with Crippen molar-refractivity contribution in [3.05, 3.63) is 41.9 Å². The molecule has 0 spiro atoms. The SMILES string of the molecule is Cc1occc1C(=O)N1CCC(C(=O)Nc2ccc3c(c2)OCO3)CC1. The minimum absolute atomic E-state index is 0.0320. The number of anilines is 1. The van der Waals surface area contributed by atoms with E-state index in [1.54, 1.807) is 36.1 Å². The van der Waals surface area contributed by atoms with Crippen molar-refractivity contribution in [1.82, 2.24) is 4.90 Å². The molecule has 136 valence electrons. The number of nitrogens with one attached hydrogen (secondary N) is 1. The molecule has 1 N–H and O–H groups in total. The molecule has 1 fully saturated rings. The fraction of sp³-hybridized carbons (Fsp3) is 0.368. The summed E-state index contributed by atoms with van der Waals surface area (Å²) in [6, 6.07) is 7.04. The molecule has 0 aliphatic carbocycles. The maximum absolute atomic E-state index is 12.5. The van der Waals surface area contributed by atoms with Crippen LogP contribution in [0.15, 0.2) is 34.9 Å². The summed E-state index contributed by atoms with van der Waals surface area (Å²) < 4.78 is 15.8. The number of carbonyl (C=O) groups is 2. The quantitative estimate of drug-likeness (QED) is 0.915. The first-order valence-corrected chi connectivity index (χ1v) is 8.65. The van der Waals surface area contributed by atoms with Crippen LogP contribution in [0.2, 0.25) is 0 Å². The topological polar surface area (TPSA) is 81.0 Å². The van der Waals surface area contributed by atoms with Crippen LogP contribution in [0.5, 0.6) is 11.5 Å². The van der Waals surface area contributed by atoms with E-state index < -0.39 is 0 Å². The molecule has 0 bridgehead atoms. The Morgan fingerprint density at radius 1 is 1.12 bits per heavy atom. The van der Waals surface area contributed by atoms with Crippen molar-refractivity contribution in [2.75, 3.05) is 25.2 Å². The third kappa shape index (κ3) is 3.12. The third-order valence-corrected chi connectivity index (χ3v) is 4.88. The molecular weight excluding hydrogens is 336 g/mol. The van der Waals surface area contributed by atoms with E-state index in [-0.39, 0.29) is 24.5 Å². The number of hydrogen-bond donors (Lipinski definition) is 1. The summed E-state index contributed by atoms with van der Waals surface area (Å²) in [5.74, 6) is 1.76. The Hall–Kier alpha value is -2.96. The molecule has 0 unspecified atom stereocenters. The van der Waals surface area contributed by atoms with Gasteiger partial charge in [-0.1, -0.05) is 0 Å². The van der Waals surface area contributed by atoms with Gasteiger partial charge in [-0.15, -0.1) is 0 Å². The number of likely N-dealkylation sites (tertiary alicyclic amines) is 1. The molecular formula is C19H20N2O5. The number of amides is 2. The Balaban J connectivity index is 1.33. The minimum Gasteiger partial charge on any atom is -0.469 e. The highest BCUT2D eigenvalue weighted by atomic mass is 16.7. The Labute approximate surface area is 150 Å². The van der Waals surface area contributed by atoms with Gasteiger partial charge in [0.2, 0.25) is 12.7 Å². The first-order valence-electron chi connectivity index (χ1n) is 8.65. The number of fused-ring (bicyclic) bond motifs is 1. The number of carbonyl (C=O) groups excluding carboxylic acids is 2. The molecule has 2 aliphatic rings. The van der Waals surface area contributed by atoms with Gasteiger partial charge in [0.05, 0.1) is 11.8 Å². The Morgan fingerprint density at radius 2 is 1.88 bits per heavy atom. The summed E-state index contributed by atoms with van der Waals surface area (Å²) in [5.41, 5.74) is 1.28. The van der Waals surface area contributed by atoms with Crippen LogP contribution in [0.1, 0.15) is 29.0 Å². The fourth-order valence-corrected chi connectivity index (χ4v) is 3.34. The fourth-order valence-electron chi connectivity index (χ4n) is 3.34. The van der Waals surface area contributed by atoms with Crippen molar-refractivity contribution in [3.8, 4) is 11.5 Å². The molecule has 2 aliphatic heterocycles. The number of benzene rings is 1. The van der Waals surface area contributed by atoms with E-state index >= 15 is 0 Å². The second-order valence-corrected chi connectivity index (χ2v) is 6.51. The van der Waals surface area contributed by atoms with Gasteiger partial charge in [-0.2, -0.15) is 0 Å². The van der Waals surface area contributed by atoms with Crippen LogP contribution >= 0.6 is 0 Å². The molecule has 2 aromatic rings. The zero-order valence-corrected chi connectivity index (χ0v) is 14.5. The van der Waals surface area contributed by atoms with Gasteiger partial charge < -0.3 is 24.1 Å². The summed E-state index contributed by atoms with van der Waals surface area (Å²) in [7, 11) is 0. The Bertz CT molecular complexity index is 836. The summed E-state index contributed by atoms with van der Waals surface area (Å²) in [6.45, 7) is 3.10. The standard InChI is InChI=1S/C19H20N2O5/c1-12-15(6-9-24-12)19(23)21-7-4-13(5-8-21)18(22)20-14-2-3-16-17(10-14)26-11-25-16/h2-3,6,9-10,13H,4-5,7-8,11H2,1H3,(H,20,22). The lowest BCUT2D eigenvalue weighted by Crippen LogP contribution is -2.41. The van der Waals surface area contributed by atoms with Gasteiger partial charge in [0.1, 0.15) is 5.76 Å². The maximum Gasteiger partial charge on any atom is 0.257 e. The molecule has 3 heterocycles. The third-order valence-electron chi connectivity index (χ3n) is 4.88. The lowest BCUT2D eigenvalue weighted by atomic mass is 9.95. The van der Waals surface area contributed by atoms with Gasteiger partial charge in [-0.25, -0.2) is 0 Å². The highest BCUT2D eigenvalue weighted by Crippen LogP contribution is 2.34. The lowest BCUT2D eigenvalue weighted by Gasteiger charge is -2.31. The van der Waals surface area contributed by atoms with E-state index in [0.717, 1.165) is 0 Å². The number of nitrogens with zero attached hydrogens (tertiary/aromatic N) is 1. The second-order valence-electron chi connectivity index (χ2n) is 6.51. The first-order chi connectivity index (χ1) is 12.6. The molecule has 26 heavy (non-hydrogen) atoms. The van der Waals surface area contributed by atoms with Crippen LogP contribution in [0, 0.1) is 12.8 Å². The van der Waals surface area contributed by atoms with Crippen LogP contribution in [0.4, 0.5) is 5.69 Å². The normalized spacial score (nSPS) is 16.6. The Morgan fingerprint density at radius 3 is 2.62 bits per heavy atom. The number of rotatable bonds is 3. The zero-order chi connectivity index (χ0) is 18.1. The molecule has 7 nitrogen and oxygen atoms in total. The van der Waals surface area contributed by atoms with Gasteiger partial charge in [0.15, 0.2) is 11.5 Å². The molecule has 1 saturated heterocycles. The monoisotopic (exact) mass is 356 g/mol. The van der Waals surface area contributed by atoms with Crippen molar-refractivity contribution in [3.63, 3.8) is 0 Å². The lowest BCUT2D eigenvalue weighted by molar-refractivity contribution is -0.121. The molecule has 0 radical (unpaired) electrons. The van der Waals surface area contributed by atoms with Gasteiger partial charge >= 0.3 is 0 Å². The van der Waals surface area contributed by atoms with Gasteiger partial charge in [-0.05, 0) is 38.0 Å². The molecule has 7 heteroatoms. The van der Waals surface area contributed by atoms with Crippen LogP contribution in [-0.2, 0) is 4.79 Å². The molecule has 2 amide bonds. The van der Waals surface area contributed by atoms with E-state index in [0.29, 0.717) is 54.4 Å². The van der Waals surface area contributed by atoms with Gasteiger partial charge in [0, 0.05) is 30.8 Å².